The standard InChI is InChI=1S/C14H8Cl2F3N3O2/c15-6-1-4-9(16)22-13(6)14(24)20-5-10(23)21-8-3-2-7(17)11(18)12(8)19/h1-4H,5H2,(H,20,24)(H,21,23). The Morgan fingerprint density at radius 1 is 1.04 bits per heavy atom. The molecule has 24 heavy (non-hydrogen) atoms. The summed E-state index contributed by atoms with van der Waals surface area (Å²) in [5, 5.41) is 4.23. The van der Waals surface area contributed by atoms with Crippen molar-refractivity contribution >= 4 is 40.7 Å². The molecule has 126 valence electrons. The van der Waals surface area contributed by atoms with Gasteiger partial charge in [-0.05, 0) is 24.3 Å². The maximum atomic E-state index is 13.4. The summed E-state index contributed by atoms with van der Waals surface area (Å²) >= 11 is 11.4. The minimum Gasteiger partial charge on any atom is -0.342 e. The van der Waals surface area contributed by atoms with Crippen LogP contribution >= 0.6 is 23.2 Å². The van der Waals surface area contributed by atoms with Crippen molar-refractivity contribution in [3.63, 3.8) is 0 Å². The molecule has 0 fully saturated rings. The van der Waals surface area contributed by atoms with E-state index in [0.717, 1.165) is 6.07 Å². The molecule has 0 unspecified atom stereocenters. The number of pyridine rings is 1. The highest BCUT2D eigenvalue weighted by atomic mass is 35.5. The van der Waals surface area contributed by atoms with Crippen LogP contribution in [-0.4, -0.2) is 23.3 Å². The van der Waals surface area contributed by atoms with Crippen molar-refractivity contribution < 1.29 is 22.8 Å². The van der Waals surface area contributed by atoms with Crippen molar-refractivity contribution in [3.05, 3.63) is 57.6 Å². The number of carbonyl (C=O) groups is 2. The summed E-state index contributed by atoms with van der Waals surface area (Å²) in [5.74, 6) is -6.31. The number of hydrogen-bond donors (Lipinski definition) is 2. The Bertz CT molecular complexity index is 818. The van der Waals surface area contributed by atoms with Crippen molar-refractivity contribution in [2.75, 3.05) is 11.9 Å². The molecular formula is C14H8Cl2F3N3O2. The van der Waals surface area contributed by atoms with E-state index in [4.69, 9.17) is 23.2 Å². The molecule has 0 saturated carbocycles. The van der Waals surface area contributed by atoms with Gasteiger partial charge in [0.15, 0.2) is 17.5 Å². The number of carbonyl (C=O) groups excluding carboxylic acids is 2. The monoisotopic (exact) mass is 377 g/mol. The zero-order chi connectivity index (χ0) is 17.9. The molecule has 1 aromatic heterocycles. The predicted octanol–water partition coefficient (Wildman–Crippen LogP) is 3.17. The Morgan fingerprint density at radius 3 is 2.46 bits per heavy atom. The first kappa shape index (κ1) is 18.0. The van der Waals surface area contributed by atoms with Crippen LogP contribution in [0.4, 0.5) is 18.9 Å². The number of aromatic nitrogens is 1. The summed E-state index contributed by atoms with van der Waals surface area (Å²) in [6.07, 6.45) is 0. The topological polar surface area (TPSA) is 71.1 Å². The van der Waals surface area contributed by atoms with Gasteiger partial charge in [0.05, 0.1) is 17.3 Å². The second kappa shape index (κ2) is 7.50. The molecule has 2 aromatic rings. The smallest absolute Gasteiger partial charge is 0.271 e. The van der Waals surface area contributed by atoms with Crippen LogP contribution in [0.3, 0.4) is 0 Å². The molecule has 0 spiro atoms. The number of nitrogens with one attached hydrogen (secondary N) is 2. The van der Waals surface area contributed by atoms with E-state index in [0.29, 0.717) is 6.07 Å². The van der Waals surface area contributed by atoms with Gasteiger partial charge < -0.3 is 10.6 Å². The fraction of sp³-hybridized carbons (Fsp3) is 0.0714. The lowest BCUT2D eigenvalue weighted by Crippen LogP contribution is -2.33. The van der Waals surface area contributed by atoms with Crippen LogP contribution in [0, 0.1) is 17.5 Å². The van der Waals surface area contributed by atoms with Gasteiger partial charge in [0, 0.05) is 0 Å². The third-order valence-corrected chi connectivity index (χ3v) is 3.26. The Hall–Kier alpha value is -2.32. The third-order valence-electron chi connectivity index (χ3n) is 2.75. The van der Waals surface area contributed by atoms with Crippen LogP contribution in [0.15, 0.2) is 24.3 Å². The maximum Gasteiger partial charge on any atom is 0.271 e. The summed E-state index contributed by atoms with van der Waals surface area (Å²) < 4.78 is 39.3. The van der Waals surface area contributed by atoms with Crippen LogP contribution < -0.4 is 10.6 Å². The number of hydrogen-bond acceptors (Lipinski definition) is 3. The second-order valence-electron chi connectivity index (χ2n) is 4.42. The van der Waals surface area contributed by atoms with Crippen LogP contribution in [-0.2, 0) is 4.79 Å². The van der Waals surface area contributed by atoms with E-state index >= 15 is 0 Å². The van der Waals surface area contributed by atoms with Gasteiger partial charge >= 0.3 is 0 Å². The van der Waals surface area contributed by atoms with Gasteiger partial charge in [0.25, 0.3) is 5.91 Å². The molecule has 1 heterocycles. The Kier molecular flexibility index (Phi) is 5.63. The van der Waals surface area contributed by atoms with Crippen LogP contribution in [0.2, 0.25) is 10.2 Å². The highest BCUT2D eigenvalue weighted by Gasteiger charge is 2.17. The van der Waals surface area contributed by atoms with E-state index in [2.05, 4.69) is 10.3 Å². The minimum atomic E-state index is -1.72. The molecule has 2 N–H and O–H groups in total. The molecule has 0 bridgehead atoms. The summed E-state index contributed by atoms with van der Waals surface area (Å²) in [6, 6.07) is 4.23. The van der Waals surface area contributed by atoms with Crippen molar-refractivity contribution in [3.8, 4) is 0 Å². The molecule has 2 amide bonds. The third kappa shape index (κ3) is 4.15. The largest absolute Gasteiger partial charge is 0.342 e. The number of rotatable bonds is 4. The molecule has 0 atom stereocenters. The van der Waals surface area contributed by atoms with Gasteiger partial charge in [0.1, 0.15) is 10.8 Å². The average molecular weight is 378 g/mol. The first-order valence-electron chi connectivity index (χ1n) is 6.33. The Labute approximate surface area is 143 Å². The van der Waals surface area contributed by atoms with Gasteiger partial charge in [-0.25, -0.2) is 18.2 Å². The number of nitrogens with zero attached hydrogens (tertiary/aromatic N) is 1. The number of anilines is 1. The molecule has 5 nitrogen and oxygen atoms in total. The highest BCUT2D eigenvalue weighted by molar-refractivity contribution is 6.34. The average Bonchev–Trinajstić information content (AvgIpc) is 2.55. The lowest BCUT2D eigenvalue weighted by Gasteiger charge is -2.09. The zero-order valence-corrected chi connectivity index (χ0v) is 13.2. The SMILES string of the molecule is O=C(CNC(=O)c1nc(Cl)ccc1Cl)Nc1ccc(F)c(F)c1F. The van der Waals surface area contributed by atoms with E-state index in [1.54, 1.807) is 0 Å². The maximum absolute atomic E-state index is 13.4. The predicted molar refractivity (Wildman–Crippen MR) is 81.5 cm³/mol. The Morgan fingerprint density at radius 2 is 1.75 bits per heavy atom. The lowest BCUT2D eigenvalue weighted by molar-refractivity contribution is -0.115. The van der Waals surface area contributed by atoms with E-state index in [-0.39, 0.29) is 15.9 Å². The second-order valence-corrected chi connectivity index (χ2v) is 5.21. The molecule has 0 radical (unpaired) electrons. The van der Waals surface area contributed by atoms with Gasteiger partial charge in [-0.15, -0.1) is 0 Å². The first-order chi connectivity index (χ1) is 11.3. The summed E-state index contributed by atoms with van der Waals surface area (Å²) in [4.78, 5) is 27.2. The van der Waals surface area contributed by atoms with Gasteiger partial charge in [0.2, 0.25) is 5.91 Å². The molecule has 2 rings (SSSR count). The van der Waals surface area contributed by atoms with E-state index in [1.807, 2.05) is 5.32 Å². The van der Waals surface area contributed by atoms with Crippen molar-refractivity contribution in [2.24, 2.45) is 0 Å². The fourth-order valence-corrected chi connectivity index (χ4v) is 1.98. The summed E-state index contributed by atoms with van der Waals surface area (Å²) in [5.41, 5.74) is -0.761. The normalized spacial score (nSPS) is 10.4. The molecule has 0 aliphatic heterocycles. The fourth-order valence-electron chi connectivity index (χ4n) is 1.64. The molecular weight excluding hydrogens is 370 g/mol. The van der Waals surface area contributed by atoms with Crippen LogP contribution in [0.25, 0.3) is 0 Å². The molecule has 0 aliphatic carbocycles. The van der Waals surface area contributed by atoms with E-state index < -0.39 is 41.5 Å². The van der Waals surface area contributed by atoms with E-state index in [9.17, 15) is 22.8 Å². The first-order valence-corrected chi connectivity index (χ1v) is 7.08. The molecule has 0 aliphatic rings. The minimum absolute atomic E-state index is 0.0176. The molecule has 10 heteroatoms. The van der Waals surface area contributed by atoms with Crippen LogP contribution in [0.5, 0.6) is 0 Å². The van der Waals surface area contributed by atoms with Gasteiger partial charge in [-0.3, -0.25) is 9.59 Å². The molecule has 0 saturated heterocycles. The number of amides is 2. The van der Waals surface area contributed by atoms with Crippen LogP contribution in [0.1, 0.15) is 10.5 Å². The highest BCUT2D eigenvalue weighted by Crippen LogP contribution is 2.19. The molecule has 1 aromatic carbocycles. The quantitative estimate of drug-likeness (QED) is 0.634. The summed E-state index contributed by atoms with van der Waals surface area (Å²) in [7, 11) is 0. The summed E-state index contributed by atoms with van der Waals surface area (Å²) in [6.45, 7) is -0.582. The van der Waals surface area contributed by atoms with Crippen molar-refractivity contribution in [2.45, 2.75) is 0 Å². The number of benzene rings is 1. The van der Waals surface area contributed by atoms with E-state index in [1.165, 1.54) is 12.1 Å². The van der Waals surface area contributed by atoms with Crippen molar-refractivity contribution in [1.82, 2.24) is 10.3 Å². The Balaban J connectivity index is 2.00. The zero-order valence-electron chi connectivity index (χ0n) is 11.7. The lowest BCUT2D eigenvalue weighted by atomic mass is 10.2. The van der Waals surface area contributed by atoms with Gasteiger partial charge in [-0.1, -0.05) is 23.2 Å². The number of halogens is 5. The van der Waals surface area contributed by atoms with Crippen molar-refractivity contribution in [1.29, 1.82) is 0 Å². The van der Waals surface area contributed by atoms with Gasteiger partial charge in [-0.2, -0.15) is 0 Å².